The topological polar surface area (TPSA) is 84.0 Å². The van der Waals surface area contributed by atoms with Gasteiger partial charge in [-0.25, -0.2) is 4.90 Å². The molecule has 5 rings (SSSR count). The fourth-order valence-corrected chi connectivity index (χ4v) is 5.64. The number of nitrogens with zero attached hydrogens (tertiary/aromatic N) is 2. The average Bonchev–Trinajstić information content (AvgIpc) is 3.34. The van der Waals surface area contributed by atoms with Crippen LogP contribution >= 0.6 is 0 Å². The maximum Gasteiger partial charge on any atom is 0.316 e. The van der Waals surface area contributed by atoms with Crippen molar-refractivity contribution in [2.75, 3.05) is 16.3 Å². The molecule has 2 heterocycles. The minimum atomic E-state index is -0.573. The number of carbonyl (C=O) groups is 4. The summed E-state index contributed by atoms with van der Waals surface area (Å²) in [5, 5.41) is 0. The summed E-state index contributed by atoms with van der Waals surface area (Å²) < 4.78 is 5.63. The number of fused-ring (bicyclic) bond motifs is 1. The summed E-state index contributed by atoms with van der Waals surface area (Å²) in [5.74, 6) is -1.81. The first kappa shape index (κ1) is 24.0. The Labute approximate surface area is 210 Å². The van der Waals surface area contributed by atoms with Crippen molar-refractivity contribution in [1.82, 2.24) is 0 Å². The molecule has 7 nitrogen and oxygen atoms in total. The van der Waals surface area contributed by atoms with Gasteiger partial charge in [0.1, 0.15) is 5.75 Å². The molecule has 0 unspecified atom stereocenters. The number of imide groups is 1. The Kier molecular flexibility index (Phi) is 6.02. The van der Waals surface area contributed by atoms with E-state index in [0.29, 0.717) is 23.4 Å². The molecule has 7 heteroatoms. The molecule has 0 spiro atoms. The molecule has 2 aromatic rings. The van der Waals surface area contributed by atoms with Gasteiger partial charge in [-0.2, -0.15) is 0 Å². The van der Waals surface area contributed by atoms with E-state index in [2.05, 4.69) is 0 Å². The SMILES string of the molecule is Cc1ccc(C)c(N2C[C@H](C(=O)Oc3ccc(N4C(=O)[C@@H]5[C@H](C)C=CC[C@H]5C4=O)c(C)c3)CC2=O)c1. The maximum absolute atomic E-state index is 13.1. The summed E-state index contributed by atoms with van der Waals surface area (Å²) in [6.45, 7) is 7.94. The summed E-state index contributed by atoms with van der Waals surface area (Å²) in [6.07, 6.45) is 4.64. The number of rotatable bonds is 4. The van der Waals surface area contributed by atoms with Crippen LogP contribution in [0.15, 0.2) is 48.6 Å². The van der Waals surface area contributed by atoms with E-state index in [1.165, 1.54) is 4.90 Å². The van der Waals surface area contributed by atoms with Gasteiger partial charge in [-0.3, -0.25) is 19.2 Å². The number of allylic oxidation sites excluding steroid dienone is 2. The summed E-state index contributed by atoms with van der Waals surface area (Å²) in [7, 11) is 0. The largest absolute Gasteiger partial charge is 0.426 e. The summed E-state index contributed by atoms with van der Waals surface area (Å²) in [5.41, 5.74) is 4.03. The fraction of sp³-hybridized carbons (Fsp3) is 0.379. The van der Waals surface area contributed by atoms with Crippen molar-refractivity contribution in [2.24, 2.45) is 23.7 Å². The Morgan fingerprint density at radius 1 is 0.944 bits per heavy atom. The van der Waals surface area contributed by atoms with Crippen LogP contribution in [0.3, 0.4) is 0 Å². The van der Waals surface area contributed by atoms with Gasteiger partial charge in [-0.1, -0.05) is 31.2 Å². The number of aryl methyl sites for hydroxylation is 3. The van der Waals surface area contributed by atoms with Crippen LogP contribution in [0, 0.1) is 44.4 Å². The fourth-order valence-electron chi connectivity index (χ4n) is 5.64. The van der Waals surface area contributed by atoms with E-state index in [-0.39, 0.29) is 48.4 Å². The number of esters is 1. The molecule has 0 radical (unpaired) electrons. The Morgan fingerprint density at radius 2 is 1.72 bits per heavy atom. The van der Waals surface area contributed by atoms with Crippen LogP contribution in [0.5, 0.6) is 5.75 Å². The number of amides is 3. The van der Waals surface area contributed by atoms with Crippen LogP contribution in [0.25, 0.3) is 0 Å². The molecule has 3 aliphatic rings. The molecule has 36 heavy (non-hydrogen) atoms. The average molecular weight is 487 g/mol. The first-order valence-corrected chi connectivity index (χ1v) is 12.4. The quantitative estimate of drug-likeness (QED) is 0.279. The van der Waals surface area contributed by atoms with E-state index in [9.17, 15) is 19.2 Å². The third kappa shape index (κ3) is 4.02. The van der Waals surface area contributed by atoms with Gasteiger partial charge in [0.05, 0.1) is 23.4 Å². The Balaban J connectivity index is 1.30. The van der Waals surface area contributed by atoms with Crippen LogP contribution < -0.4 is 14.5 Å². The lowest BCUT2D eigenvalue weighted by Gasteiger charge is -2.22. The standard InChI is InChI=1S/C29H30N2O5/c1-16-8-9-17(2)24(12-16)30-15-20(14-25(30)32)29(35)36-21-10-11-23(19(4)13-21)31-27(33)22-7-5-6-18(3)26(22)28(31)34/h5-6,8-13,18,20,22,26H,7,14-15H2,1-4H3/t18-,20-,22-,26-/m1/s1. The predicted octanol–water partition coefficient (Wildman–Crippen LogP) is 4.27. The Hall–Kier alpha value is -3.74. The van der Waals surface area contributed by atoms with Crippen molar-refractivity contribution in [1.29, 1.82) is 0 Å². The molecule has 2 aromatic carbocycles. The van der Waals surface area contributed by atoms with Gasteiger partial charge in [0, 0.05) is 18.7 Å². The molecule has 0 aromatic heterocycles. The lowest BCUT2D eigenvalue weighted by Crippen LogP contribution is -2.32. The van der Waals surface area contributed by atoms with Crippen molar-refractivity contribution in [3.8, 4) is 5.75 Å². The lowest BCUT2D eigenvalue weighted by molar-refractivity contribution is -0.139. The minimum absolute atomic E-state index is 0.0167. The predicted molar refractivity (Wildman–Crippen MR) is 136 cm³/mol. The van der Waals surface area contributed by atoms with E-state index in [1.54, 1.807) is 30.0 Å². The van der Waals surface area contributed by atoms with Gasteiger partial charge < -0.3 is 9.64 Å². The highest BCUT2D eigenvalue weighted by molar-refractivity contribution is 6.22. The number of carbonyl (C=O) groups excluding carboxylic acids is 4. The van der Waals surface area contributed by atoms with E-state index in [1.807, 2.05) is 51.1 Å². The first-order valence-electron chi connectivity index (χ1n) is 12.4. The second-order valence-corrected chi connectivity index (χ2v) is 10.2. The number of hydrogen-bond acceptors (Lipinski definition) is 5. The Morgan fingerprint density at radius 3 is 2.44 bits per heavy atom. The van der Waals surface area contributed by atoms with E-state index in [0.717, 1.165) is 16.8 Å². The van der Waals surface area contributed by atoms with E-state index >= 15 is 0 Å². The molecule has 186 valence electrons. The van der Waals surface area contributed by atoms with E-state index in [4.69, 9.17) is 4.74 Å². The minimum Gasteiger partial charge on any atom is -0.426 e. The van der Waals surface area contributed by atoms with Crippen LogP contribution in [0.1, 0.15) is 36.5 Å². The third-order valence-corrected chi connectivity index (χ3v) is 7.61. The number of anilines is 2. The second-order valence-electron chi connectivity index (χ2n) is 10.2. The van der Waals surface area contributed by atoms with Gasteiger partial charge >= 0.3 is 5.97 Å². The monoisotopic (exact) mass is 486 g/mol. The number of hydrogen-bond donors (Lipinski definition) is 0. The number of ether oxygens (including phenoxy) is 1. The van der Waals surface area contributed by atoms with Crippen molar-refractivity contribution in [3.05, 3.63) is 65.2 Å². The molecule has 3 amide bonds. The summed E-state index contributed by atoms with van der Waals surface area (Å²) >= 11 is 0. The highest BCUT2D eigenvalue weighted by atomic mass is 16.5. The number of benzene rings is 2. The molecular formula is C29H30N2O5. The molecule has 2 saturated heterocycles. The maximum atomic E-state index is 13.1. The molecule has 0 saturated carbocycles. The molecule has 0 bridgehead atoms. The van der Waals surface area contributed by atoms with Gasteiger partial charge in [-0.05, 0) is 74.1 Å². The van der Waals surface area contributed by atoms with Gasteiger partial charge in [-0.15, -0.1) is 0 Å². The molecule has 2 fully saturated rings. The van der Waals surface area contributed by atoms with Crippen LogP contribution in [-0.2, 0) is 19.2 Å². The highest BCUT2D eigenvalue weighted by Crippen LogP contribution is 2.41. The third-order valence-electron chi connectivity index (χ3n) is 7.61. The van der Waals surface area contributed by atoms with Crippen molar-refractivity contribution >= 4 is 35.1 Å². The van der Waals surface area contributed by atoms with Crippen molar-refractivity contribution < 1.29 is 23.9 Å². The second kappa shape index (κ2) is 9.04. The van der Waals surface area contributed by atoms with Gasteiger partial charge in [0.2, 0.25) is 17.7 Å². The Bertz CT molecular complexity index is 1310. The van der Waals surface area contributed by atoms with Crippen molar-refractivity contribution in [2.45, 2.75) is 40.5 Å². The van der Waals surface area contributed by atoms with Crippen molar-refractivity contribution in [3.63, 3.8) is 0 Å². The normalized spacial score (nSPS) is 25.5. The zero-order chi connectivity index (χ0) is 25.7. The lowest BCUT2D eigenvalue weighted by atomic mass is 9.78. The van der Waals surface area contributed by atoms with Crippen LogP contribution in [0.4, 0.5) is 11.4 Å². The van der Waals surface area contributed by atoms with Gasteiger partial charge in [0.25, 0.3) is 0 Å². The van der Waals surface area contributed by atoms with Gasteiger partial charge in [0.15, 0.2) is 0 Å². The summed E-state index contributed by atoms with van der Waals surface area (Å²) in [4.78, 5) is 54.7. The van der Waals surface area contributed by atoms with E-state index < -0.39 is 11.9 Å². The molecule has 4 atom stereocenters. The van der Waals surface area contributed by atoms with Crippen LogP contribution in [-0.4, -0.2) is 30.2 Å². The molecule has 1 aliphatic carbocycles. The van der Waals surface area contributed by atoms with Crippen LogP contribution in [0.2, 0.25) is 0 Å². The smallest absolute Gasteiger partial charge is 0.316 e. The molecule has 2 aliphatic heterocycles. The molecule has 0 N–H and O–H groups in total. The highest BCUT2D eigenvalue weighted by Gasteiger charge is 2.50. The molecular weight excluding hydrogens is 456 g/mol. The first-order chi connectivity index (χ1) is 17.2. The summed E-state index contributed by atoms with van der Waals surface area (Å²) in [6, 6.07) is 10.8. The zero-order valence-electron chi connectivity index (χ0n) is 21.0. The zero-order valence-corrected chi connectivity index (χ0v) is 21.0.